The standard InChI is InChI=1S/C25H24ClN3O2S/c1-31-22-5-3-2-4-18(22)14-28-15-24-20(26)13-23(32-24)21(30)9-7-16-6-8-19-17(12-16)10-11-29-25(19)27/h2-6,8,10-13,28H,7,9,14-15H2,1H3,(H2,27,29). The van der Waals surface area contributed by atoms with E-state index in [0.29, 0.717) is 41.6 Å². The predicted molar refractivity (Wildman–Crippen MR) is 132 cm³/mol. The largest absolute Gasteiger partial charge is 0.496 e. The van der Waals surface area contributed by atoms with Gasteiger partial charge in [-0.3, -0.25) is 4.79 Å². The fraction of sp³-hybridized carbons (Fsp3) is 0.200. The van der Waals surface area contributed by atoms with E-state index in [0.717, 1.165) is 32.5 Å². The minimum absolute atomic E-state index is 0.0993. The number of ether oxygens (including phenoxy) is 1. The molecule has 164 valence electrons. The molecule has 0 amide bonds. The highest BCUT2D eigenvalue weighted by Crippen LogP contribution is 2.29. The zero-order chi connectivity index (χ0) is 22.5. The lowest BCUT2D eigenvalue weighted by atomic mass is 10.0. The molecular formula is C25H24ClN3O2S. The van der Waals surface area contributed by atoms with E-state index in [2.05, 4.69) is 16.4 Å². The maximum atomic E-state index is 12.8. The van der Waals surface area contributed by atoms with E-state index >= 15 is 0 Å². The van der Waals surface area contributed by atoms with E-state index < -0.39 is 0 Å². The van der Waals surface area contributed by atoms with Crippen LogP contribution in [0.15, 0.2) is 60.8 Å². The van der Waals surface area contributed by atoms with Gasteiger partial charge in [0.15, 0.2) is 5.78 Å². The molecule has 2 aromatic heterocycles. The van der Waals surface area contributed by atoms with Crippen molar-refractivity contribution in [1.82, 2.24) is 10.3 Å². The number of halogens is 1. The zero-order valence-electron chi connectivity index (χ0n) is 17.7. The van der Waals surface area contributed by atoms with Gasteiger partial charge in [0, 0.05) is 41.5 Å². The smallest absolute Gasteiger partial charge is 0.173 e. The van der Waals surface area contributed by atoms with Crippen molar-refractivity contribution < 1.29 is 9.53 Å². The highest BCUT2D eigenvalue weighted by Gasteiger charge is 2.14. The second-order valence-corrected chi connectivity index (χ2v) is 9.02. The fourth-order valence-electron chi connectivity index (χ4n) is 3.61. The first-order chi connectivity index (χ1) is 15.5. The summed E-state index contributed by atoms with van der Waals surface area (Å²) < 4.78 is 5.38. The van der Waals surface area contributed by atoms with Crippen LogP contribution in [0.2, 0.25) is 5.02 Å². The lowest BCUT2D eigenvalue weighted by molar-refractivity contribution is 0.0986. The summed E-state index contributed by atoms with van der Waals surface area (Å²) in [5, 5.41) is 5.97. The monoisotopic (exact) mass is 465 g/mol. The van der Waals surface area contributed by atoms with E-state index in [1.165, 1.54) is 11.3 Å². The van der Waals surface area contributed by atoms with Crippen LogP contribution in [0.1, 0.15) is 32.1 Å². The summed E-state index contributed by atoms with van der Waals surface area (Å²) >= 11 is 7.85. The number of para-hydroxylation sites is 1. The molecule has 0 saturated heterocycles. The van der Waals surface area contributed by atoms with Crippen molar-refractivity contribution in [3.63, 3.8) is 0 Å². The van der Waals surface area contributed by atoms with Crippen LogP contribution in [-0.2, 0) is 19.5 Å². The van der Waals surface area contributed by atoms with Crippen LogP contribution in [0, 0.1) is 0 Å². The highest BCUT2D eigenvalue weighted by atomic mass is 35.5. The number of nitrogens with zero attached hydrogens (tertiary/aromatic N) is 1. The lowest BCUT2D eigenvalue weighted by Gasteiger charge is -2.08. The molecule has 5 nitrogen and oxygen atoms in total. The molecule has 0 fully saturated rings. The molecule has 0 aliphatic carbocycles. The number of Topliss-reactive ketones (excluding diaryl/α,β-unsaturated/α-hetero) is 1. The van der Waals surface area contributed by atoms with E-state index in [1.807, 2.05) is 42.5 Å². The number of hydrogen-bond donors (Lipinski definition) is 2. The number of nitrogen functional groups attached to an aromatic ring is 1. The third kappa shape index (κ3) is 5.10. The Morgan fingerprint density at radius 1 is 1.16 bits per heavy atom. The maximum Gasteiger partial charge on any atom is 0.173 e. The van der Waals surface area contributed by atoms with Gasteiger partial charge in [0.25, 0.3) is 0 Å². The molecule has 32 heavy (non-hydrogen) atoms. The van der Waals surface area contributed by atoms with E-state index in [-0.39, 0.29) is 5.78 Å². The molecular weight excluding hydrogens is 442 g/mol. The zero-order valence-corrected chi connectivity index (χ0v) is 19.3. The third-order valence-electron chi connectivity index (χ3n) is 5.33. The number of ketones is 1. The Bertz CT molecular complexity index is 1260. The third-order valence-corrected chi connectivity index (χ3v) is 6.95. The van der Waals surface area contributed by atoms with Crippen molar-refractivity contribution in [2.24, 2.45) is 0 Å². The summed E-state index contributed by atoms with van der Waals surface area (Å²) in [5.41, 5.74) is 8.09. The van der Waals surface area contributed by atoms with Gasteiger partial charge in [-0.1, -0.05) is 48.0 Å². The van der Waals surface area contributed by atoms with Gasteiger partial charge in [-0.15, -0.1) is 11.3 Å². The van der Waals surface area contributed by atoms with Crippen LogP contribution in [-0.4, -0.2) is 17.9 Å². The number of thiophene rings is 1. The molecule has 0 spiro atoms. The molecule has 0 atom stereocenters. The Kier molecular flexibility index (Phi) is 7.05. The van der Waals surface area contributed by atoms with Gasteiger partial charge in [-0.2, -0.15) is 0 Å². The molecule has 2 heterocycles. The number of carbonyl (C=O) groups excluding carboxylic acids is 1. The SMILES string of the molecule is COc1ccccc1CNCc1sc(C(=O)CCc2ccc3c(N)nccc3c2)cc1Cl. The summed E-state index contributed by atoms with van der Waals surface area (Å²) in [6, 6.07) is 17.6. The number of aromatic nitrogens is 1. The quantitative estimate of drug-likeness (QED) is 0.312. The Morgan fingerprint density at radius 3 is 2.84 bits per heavy atom. The molecule has 0 bridgehead atoms. The Morgan fingerprint density at radius 2 is 2.00 bits per heavy atom. The molecule has 0 saturated carbocycles. The normalized spacial score (nSPS) is 11.1. The van der Waals surface area contributed by atoms with Gasteiger partial charge in [0.2, 0.25) is 0 Å². The van der Waals surface area contributed by atoms with Crippen molar-refractivity contribution in [2.45, 2.75) is 25.9 Å². The van der Waals surface area contributed by atoms with E-state index in [9.17, 15) is 4.79 Å². The molecule has 4 aromatic rings. The number of nitrogens with two attached hydrogens (primary N) is 1. The summed E-state index contributed by atoms with van der Waals surface area (Å²) in [6.07, 6.45) is 2.79. The van der Waals surface area contributed by atoms with Crippen molar-refractivity contribution >= 4 is 45.3 Å². The first kappa shape index (κ1) is 22.3. The minimum atomic E-state index is 0.0993. The number of carbonyl (C=O) groups is 1. The number of pyridine rings is 1. The Hall–Kier alpha value is -2.93. The first-order valence-corrected chi connectivity index (χ1v) is 11.5. The molecule has 3 N–H and O–H groups in total. The molecule has 2 aromatic carbocycles. The van der Waals surface area contributed by atoms with Gasteiger partial charge in [0.05, 0.1) is 17.0 Å². The van der Waals surface area contributed by atoms with E-state index in [4.69, 9.17) is 22.1 Å². The van der Waals surface area contributed by atoms with Crippen molar-refractivity contribution in [1.29, 1.82) is 0 Å². The molecule has 0 aliphatic heterocycles. The molecule has 0 radical (unpaired) electrons. The van der Waals surface area contributed by atoms with Gasteiger partial charge in [0.1, 0.15) is 11.6 Å². The van der Waals surface area contributed by atoms with Crippen LogP contribution in [0.4, 0.5) is 5.82 Å². The maximum absolute atomic E-state index is 12.8. The van der Waals surface area contributed by atoms with Crippen LogP contribution in [0.5, 0.6) is 5.75 Å². The second kappa shape index (κ2) is 10.1. The van der Waals surface area contributed by atoms with Gasteiger partial charge in [-0.05, 0) is 35.6 Å². The van der Waals surface area contributed by atoms with Crippen LogP contribution < -0.4 is 15.8 Å². The fourth-order valence-corrected chi connectivity index (χ4v) is 4.96. The lowest BCUT2D eigenvalue weighted by Crippen LogP contribution is -2.12. The van der Waals surface area contributed by atoms with Crippen LogP contribution in [0.25, 0.3) is 10.8 Å². The van der Waals surface area contributed by atoms with Gasteiger partial charge in [-0.25, -0.2) is 4.98 Å². The number of benzene rings is 2. The number of methoxy groups -OCH3 is 1. The Balaban J connectivity index is 1.35. The number of aryl methyl sites for hydroxylation is 1. The number of nitrogens with one attached hydrogen (secondary N) is 1. The second-order valence-electron chi connectivity index (χ2n) is 7.47. The molecule has 0 unspecified atom stereocenters. The van der Waals surface area contributed by atoms with E-state index in [1.54, 1.807) is 19.4 Å². The average Bonchev–Trinajstić information content (AvgIpc) is 3.18. The molecule has 7 heteroatoms. The average molecular weight is 466 g/mol. The summed E-state index contributed by atoms with van der Waals surface area (Å²) in [5.74, 6) is 1.47. The number of anilines is 1. The number of hydrogen-bond acceptors (Lipinski definition) is 6. The molecule has 4 rings (SSSR count). The van der Waals surface area contributed by atoms with Gasteiger partial charge < -0.3 is 15.8 Å². The topological polar surface area (TPSA) is 77.2 Å². The van der Waals surface area contributed by atoms with Crippen LogP contribution >= 0.6 is 22.9 Å². The van der Waals surface area contributed by atoms with Gasteiger partial charge >= 0.3 is 0 Å². The van der Waals surface area contributed by atoms with Crippen LogP contribution in [0.3, 0.4) is 0 Å². The van der Waals surface area contributed by atoms with Crippen molar-refractivity contribution in [2.75, 3.05) is 12.8 Å². The van der Waals surface area contributed by atoms with Crippen molar-refractivity contribution in [3.05, 3.63) is 86.7 Å². The highest BCUT2D eigenvalue weighted by molar-refractivity contribution is 7.14. The summed E-state index contributed by atoms with van der Waals surface area (Å²) in [4.78, 5) is 18.5. The first-order valence-electron chi connectivity index (χ1n) is 10.3. The Labute approximate surface area is 196 Å². The number of fused-ring (bicyclic) bond motifs is 1. The summed E-state index contributed by atoms with van der Waals surface area (Å²) in [7, 11) is 1.66. The number of rotatable bonds is 9. The molecule has 0 aliphatic rings. The van der Waals surface area contributed by atoms with Crippen molar-refractivity contribution in [3.8, 4) is 5.75 Å². The minimum Gasteiger partial charge on any atom is -0.496 e. The predicted octanol–water partition coefficient (Wildman–Crippen LogP) is 5.65. The summed E-state index contributed by atoms with van der Waals surface area (Å²) in [6.45, 7) is 1.25.